The Kier molecular flexibility index (Phi) is 5.68. The Hall–Kier alpha value is -1.84. The second-order valence-electron chi connectivity index (χ2n) is 7.50. The first kappa shape index (κ1) is 18.5. The summed E-state index contributed by atoms with van der Waals surface area (Å²) in [5.74, 6) is 0.146. The molecule has 2 rings (SSSR count). The first-order chi connectivity index (χ1) is 11.3. The summed E-state index contributed by atoms with van der Waals surface area (Å²) in [6, 6.07) is 8.06. The number of hydrogen-bond acceptors (Lipinski definition) is 2. The highest BCUT2D eigenvalue weighted by Gasteiger charge is 2.37. The zero-order valence-electron chi connectivity index (χ0n) is 15.6. The van der Waals surface area contributed by atoms with Crippen molar-refractivity contribution in [1.82, 2.24) is 5.32 Å². The number of amides is 2. The predicted molar refractivity (Wildman–Crippen MR) is 98.1 cm³/mol. The molecule has 2 amide bonds. The number of carbonyl (C=O) groups is 2. The van der Waals surface area contributed by atoms with Crippen molar-refractivity contribution in [2.24, 2.45) is 5.92 Å². The second kappa shape index (κ2) is 7.37. The van der Waals surface area contributed by atoms with Crippen molar-refractivity contribution in [2.45, 2.75) is 65.3 Å². The maximum Gasteiger partial charge on any atom is 0.227 e. The van der Waals surface area contributed by atoms with Gasteiger partial charge in [-0.05, 0) is 44.2 Å². The molecule has 0 radical (unpaired) electrons. The molecule has 1 saturated heterocycles. The van der Waals surface area contributed by atoms with Gasteiger partial charge in [-0.2, -0.15) is 0 Å². The number of rotatable bonds is 6. The second-order valence-corrected chi connectivity index (χ2v) is 7.50. The van der Waals surface area contributed by atoms with Crippen LogP contribution in [0.2, 0.25) is 0 Å². The van der Waals surface area contributed by atoms with Crippen molar-refractivity contribution in [1.29, 1.82) is 0 Å². The van der Waals surface area contributed by atoms with E-state index in [9.17, 15) is 9.59 Å². The Labute approximate surface area is 145 Å². The van der Waals surface area contributed by atoms with Gasteiger partial charge < -0.3 is 10.2 Å². The molecular weight excluding hydrogens is 300 g/mol. The standard InChI is InChI=1S/C20H30N2O2/c1-6-14(3)16-10-8-9-11-17(16)22-13-15(12-18(22)23)19(24)21-20(4,5)7-2/h8-11,14-15H,6-7,12-13H2,1-5H3,(H,21,24). The van der Waals surface area contributed by atoms with Crippen LogP contribution in [-0.4, -0.2) is 23.9 Å². The average molecular weight is 330 g/mol. The van der Waals surface area contributed by atoms with Crippen LogP contribution in [0.25, 0.3) is 0 Å². The van der Waals surface area contributed by atoms with Gasteiger partial charge in [-0.15, -0.1) is 0 Å². The summed E-state index contributed by atoms with van der Waals surface area (Å²) in [5.41, 5.74) is 1.91. The monoisotopic (exact) mass is 330 g/mol. The maximum atomic E-state index is 12.5. The van der Waals surface area contributed by atoms with Gasteiger partial charge in [0.1, 0.15) is 0 Å². The van der Waals surface area contributed by atoms with Gasteiger partial charge in [0.05, 0.1) is 5.92 Å². The molecule has 4 nitrogen and oxygen atoms in total. The SMILES string of the molecule is CCC(C)c1ccccc1N1CC(C(=O)NC(C)(C)CC)CC1=O. The molecule has 2 atom stereocenters. The minimum atomic E-state index is -0.270. The molecular formula is C20H30N2O2. The van der Waals surface area contributed by atoms with Crippen LogP contribution in [0.5, 0.6) is 0 Å². The van der Waals surface area contributed by atoms with Crippen molar-refractivity contribution in [3.05, 3.63) is 29.8 Å². The van der Waals surface area contributed by atoms with Crippen molar-refractivity contribution in [2.75, 3.05) is 11.4 Å². The number of hydrogen-bond donors (Lipinski definition) is 1. The van der Waals surface area contributed by atoms with E-state index >= 15 is 0 Å². The average Bonchev–Trinajstić information content (AvgIpc) is 2.95. The van der Waals surface area contributed by atoms with Crippen molar-refractivity contribution >= 4 is 17.5 Å². The molecule has 0 spiro atoms. The molecule has 1 aromatic rings. The lowest BCUT2D eigenvalue weighted by Gasteiger charge is -2.26. The molecule has 1 fully saturated rings. The van der Waals surface area contributed by atoms with Gasteiger partial charge in [0, 0.05) is 24.2 Å². The Bertz CT molecular complexity index is 609. The summed E-state index contributed by atoms with van der Waals surface area (Å²) >= 11 is 0. The lowest BCUT2D eigenvalue weighted by molar-refractivity contribution is -0.127. The number of benzene rings is 1. The van der Waals surface area contributed by atoms with Gasteiger partial charge in [0.2, 0.25) is 11.8 Å². The number of para-hydroxylation sites is 1. The van der Waals surface area contributed by atoms with Crippen LogP contribution in [0.3, 0.4) is 0 Å². The third-order valence-corrected chi connectivity index (χ3v) is 5.21. The van der Waals surface area contributed by atoms with E-state index in [1.807, 2.05) is 32.0 Å². The smallest absolute Gasteiger partial charge is 0.227 e. The van der Waals surface area contributed by atoms with Gasteiger partial charge in [-0.3, -0.25) is 9.59 Å². The molecule has 1 N–H and O–H groups in total. The quantitative estimate of drug-likeness (QED) is 0.861. The number of carbonyl (C=O) groups excluding carboxylic acids is 2. The van der Waals surface area contributed by atoms with Crippen LogP contribution < -0.4 is 10.2 Å². The highest BCUT2D eigenvalue weighted by Crippen LogP contribution is 2.33. The van der Waals surface area contributed by atoms with Crippen LogP contribution in [0, 0.1) is 5.92 Å². The van der Waals surface area contributed by atoms with E-state index in [1.165, 1.54) is 5.56 Å². The lowest BCUT2D eigenvalue weighted by atomic mass is 9.96. The molecule has 1 aromatic carbocycles. The van der Waals surface area contributed by atoms with E-state index in [0.29, 0.717) is 18.9 Å². The van der Waals surface area contributed by atoms with Crippen molar-refractivity contribution in [3.63, 3.8) is 0 Å². The summed E-state index contributed by atoms with van der Waals surface area (Å²) < 4.78 is 0. The molecule has 0 bridgehead atoms. The van der Waals surface area contributed by atoms with E-state index in [4.69, 9.17) is 0 Å². The van der Waals surface area contributed by atoms with E-state index in [2.05, 4.69) is 32.2 Å². The third kappa shape index (κ3) is 3.97. The third-order valence-electron chi connectivity index (χ3n) is 5.21. The van der Waals surface area contributed by atoms with Gasteiger partial charge in [-0.1, -0.05) is 39.0 Å². The number of nitrogens with zero attached hydrogens (tertiary/aromatic N) is 1. The summed E-state index contributed by atoms with van der Waals surface area (Å²) in [6.07, 6.45) is 2.17. The zero-order chi connectivity index (χ0) is 17.9. The summed E-state index contributed by atoms with van der Waals surface area (Å²) in [5, 5.41) is 3.07. The lowest BCUT2D eigenvalue weighted by Crippen LogP contribution is -2.46. The fourth-order valence-corrected chi connectivity index (χ4v) is 3.01. The molecule has 0 aliphatic carbocycles. The van der Waals surface area contributed by atoms with E-state index in [1.54, 1.807) is 4.90 Å². The summed E-state index contributed by atoms with van der Waals surface area (Å²) in [7, 11) is 0. The molecule has 0 saturated carbocycles. The molecule has 2 unspecified atom stereocenters. The van der Waals surface area contributed by atoms with E-state index in [-0.39, 0.29) is 23.3 Å². The van der Waals surface area contributed by atoms with Gasteiger partial charge in [0.15, 0.2) is 0 Å². The number of anilines is 1. The van der Waals surface area contributed by atoms with Crippen molar-refractivity contribution in [3.8, 4) is 0 Å². The van der Waals surface area contributed by atoms with E-state index < -0.39 is 0 Å². The topological polar surface area (TPSA) is 49.4 Å². The largest absolute Gasteiger partial charge is 0.351 e. The Morgan fingerprint density at radius 1 is 1.33 bits per heavy atom. The van der Waals surface area contributed by atoms with Crippen LogP contribution in [0.15, 0.2) is 24.3 Å². The zero-order valence-corrected chi connectivity index (χ0v) is 15.6. The molecule has 0 aromatic heterocycles. The van der Waals surface area contributed by atoms with Crippen LogP contribution in [0.1, 0.15) is 65.4 Å². The minimum absolute atomic E-state index is 0.0151. The van der Waals surface area contributed by atoms with Gasteiger partial charge in [0.25, 0.3) is 0 Å². The highest BCUT2D eigenvalue weighted by molar-refractivity contribution is 6.01. The van der Waals surface area contributed by atoms with Crippen LogP contribution >= 0.6 is 0 Å². The molecule has 24 heavy (non-hydrogen) atoms. The summed E-state index contributed by atoms with van der Waals surface area (Å²) in [6.45, 7) is 10.9. The van der Waals surface area contributed by atoms with E-state index in [0.717, 1.165) is 18.5 Å². The fraction of sp³-hybridized carbons (Fsp3) is 0.600. The Morgan fingerprint density at radius 2 is 2.00 bits per heavy atom. The van der Waals surface area contributed by atoms with Crippen LogP contribution in [-0.2, 0) is 9.59 Å². The first-order valence-corrected chi connectivity index (χ1v) is 9.00. The Balaban J connectivity index is 2.18. The molecule has 1 aliphatic heterocycles. The molecule has 1 heterocycles. The molecule has 132 valence electrons. The maximum absolute atomic E-state index is 12.5. The first-order valence-electron chi connectivity index (χ1n) is 9.00. The van der Waals surface area contributed by atoms with Crippen LogP contribution in [0.4, 0.5) is 5.69 Å². The van der Waals surface area contributed by atoms with Crippen molar-refractivity contribution < 1.29 is 9.59 Å². The highest BCUT2D eigenvalue weighted by atomic mass is 16.2. The van der Waals surface area contributed by atoms with Gasteiger partial charge >= 0.3 is 0 Å². The Morgan fingerprint density at radius 3 is 2.62 bits per heavy atom. The summed E-state index contributed by atoms with van der Waals surface area (Å²) in [4.78, 5) is 26.9. The predicted octanol–water partition coefficient (Wildman–Crippen LogP) is 3.86. The molecule has 4 heteroatoms. The minimum Gasteiger partial charge on any atom is -0.351 e. The normalized spacial score (nSPS) is 19.5. The fourth-order valence-electron chi connectivity index (χ4n) is 3.01. The number of nitrogens with one attached hydrogen (secondary N) is 1. The van der Waals surface area contributed by atoms with Gasteiger partial charge in [-0.25, -0.2) is 0 Å². The molecule has 1 aliphatic rings.